The minimum atomic E-state index is -0.365. The van der Waals surface area contributed by atoms with Crippen LogP contribution in [0.2, 0.25) is 0 Å². The number of hydrogen-bond donors (Lipinski definition) is 1. The molecule has 0 saturated heterocycles. The molecule has 1 heterocycles. The Kier molecular flexibility index (Phi) is 5.08. The number of hydrogen-bond acceptors (Lipinski definition) is 5. The molecule has 0 unspecified atom stereocenters. The van der Waals surface area contributed by atoms with Gasteiger partial charge in [0, 0.05) is 0 Å². The highest BCUT2D eigenvalue weighted by Crippen LogP contribution is 2.36. The van der Waals surface area contributed by atoms with E-state index in [4.69, 9.17) is 15.0 Å². The quantitative estimate of drug-likeness (QED) is 0.915. The van der Waals surface area contributed by atoms with Gasteiger partial charge in [-0.1, -0.05) is 22.9 Å². The summed E-state index contributed by atoms with van der Waals surface area (Å²) in [5, 5.41) is 4.00. The van der Waals surface area contributed by atoms with Crippen LogP contribution in [0.25, 0.3) is 0 Å². The summed E-state index contributed by atoms with van der Waals surface area (Å²) in [6.07, 6.45) is 3.60. The fourth-order valence-electron chi connectivity index (χ4n) is 2.55. The zero-order valence-electron chi connectivity index (χ0n) is 13.0. The highest BCUT2D eigenvalue weighted by Gasteiger charge is 2.38. The van der Waals surface area contributed by atoms with Crippen molar-refractivity contribution >= 4 is 12.4 Å². The Morgan fingerprint density at radius 2 is 2.09 bits per heavy atom. The van der Waals surface area contributed by atoms with Gasteiger partial charge in [-0.2, -0.15) is 4.98 Å². The summed E-state index contributed by atoms with van der Waals surface area (Å²) in [5.74, 6) is 2.12. The van der Waals surface area contributed by atoms with Gasteiger partial charge in [-0.25, -0.2) is 0 Å². The Morgan fingerprint density at radius 3 is 2.73 bits per heavy atom. The first-order chi connectivity index (χ1) is 10.1. The maximum absolute atomic E-state index is 6.17. The zero-order valence-corrected chi connectivity index (χ0v) is 13.8. The molecule has 0 aliphatic heterocycles. The van der Waals surface area contributed by atoms with Crippen molar-refractivity contribution in [2.45, 2.75) is 45.1 Å². The molecule has 2 aromatic rings. The predicted molar refractivity (Wildman–Crippen MR) is 86.4 cm³/mol. The zero-order chi connectivity index (χ0) is 14.9. The molecule has 1 fully saturated rings. The number of aromatic nitrogens is 2. The van der Waals surface area contributed by atoms with Crippen molar-refractivity contribution in [1.82, 2.24) is 10.1 Å². The number of halogens is 1. The van der Waals surface area contributed by atoms with Gasteiger partial charge >= 0.3 is 0 Å². The molecule has 22 heavy (non-hydrogen) atoms. The van der Waals surface area contributed by atoms with Crippen molar-refractivity contribution in [2.24, 2.45) is 5.73 Å². The van der Waals surface area contributed by atoms with Gasteiger partial charge in [0.15, 0.2) is 5.82 Å². The van der Waals surface area contributed by atoms with Crippen molar-refractivity contribution in [2.75, 3.05) is 6.61 Å². The molecule has 120 valence electrons. The van der Waals surface area contributed by atoms with E-state index in [1.165, 1.54) is 5.56 Å². The topological polar surface area (TPSA) is 74.2 Å². The highest BCUT2D eigenvalue weighted by atomic mass is 35.5. The lowest BCUT2D eigenvalue weighted by Gasteiger charge is -2.34. The van der Waals surface area contributed by atoms with E-state index in [1.807, 2.05) is 19.1 Å². The lowest BCUT2D eigenvalue weighted by Crippen LogP contribution is -2.44. The van der Waals surface area contributed by atoms with Gasteiger partial charge in [-0.05, 0) is 44.7 Å². The molecule has 0 atom stereocenters. The van der Waals surface area contributed by atoms with Crippen LogP contribution >= 0.6 is 12.4 Å². The normalized spacial score (nSPS) is 15.8. The molecule has 1 aromatic carbocycles. The van der Waals surface area contributed by atoms with Crippen LogP contribution in [0.5, 0.6) is 5.75 Å². The average Bonchev–Trinajstić information content (AvgIpc) is 2.88. The fraction of sp³-hybridized carbons (Fsp3) is 0.500. The first-order valence-electron chi connectivity index (χ1n) is 7.39. The smallest absolute Gasteiger partial charge is 0.230 e. The van der Waals surface area contributed by atoms with Crippen molar-refractivity contribution in [1.29, 1.82) is 0 Å². The molecule has 2 N–H and O–H groups in total. The van der Waals surface area contributed by atoms with E-state index in [9.17, 15) is 0 Å². The number of benzene rings is 1. The molecule has 0 bridgehead atoms. The lowest BCUT2D eigenvalue weighted by molar-refractivity contribution is 0.228. The molecule has 6 heteroatoms. The summed E-state index contributed by atoms with van der Waals surface area (Å²) in [6.45, 7) is 4.63. The largest absolute Gasteiger partial charge is 0.493 e. The summed E-state index contributed by atoms with van der Waals surface area (Å²) in [5.41, 5.74) is 8.18. The van der Waals surface area contributed by atoms with Crippen LogP contribution in [-0.4, -0.2) is 16.7 Å². The molecular formula is C16H22ClN3O2. The van der Waals surface area contributed by atoms with Crippen LogP contribution in [0.15, 0.2) is 22.7 Å². The third-order valence-corrected chi connectivity index (χ3v) is 4.06. The van der Waals surface area contributed by atoms with Gasteiger partial charge in [-0.3, -0.25) is 0 Å². The standard InChI is InChI=1S/C16H21N3O2.ClH/c1-11-4-5-13(12(2)10-11)20-9-6-14-18-15(19-21-14)16(17)7-3-8-16;/h4-5,10H,3,6-9,17H2,1-2H3;1H. The maximum Gasteiger partial charge on any atom is 0.230 e. The number of ether oxygens (including phenoxy) is 1. The van der Waals surface area contributed by atoms with Gasteiger partial charge in [0.1, 0.15) is 5.75 Å². The van der Waals surface area contributed by atoms with Crippen molar-refractivity contribution in [3.63, 3.8) is 0 Å². The Labute approximate surface area is 136 Å². The first-order valence-corrected chi connectivity index (χ1v) is 7.39. The molecule has 0 radical (unpaired) electrons. The predicted octanol–water partition coefficient (Wildman–Crippen LogP) is 3.07. The van der Waals surface area contributed by atoms with Crippen LogP contribution < -0.4 is 10.5 Å². The highest BCUT2D eigenvalue weighted by molar-refractivity contribution is 5.85. The van der Waals surface area contributed by atoms with Crippen LogP contribution in [0, 0.1) is 13.8 Å². The Morgan fingerprint density at radius 1 is 1.32 bits per heavy atom. The van der Waals surface area contributed by atoms with E-state index in [2.05, 4.69) is 23.1 Å². The average molecular weight is 324 g/mol. The third kappa shape index (κ3) is 3.42. The van der Waals surface area contributed by atoms with E-state index in [0.29, 0.717) is 24.7 Å². The second kappa shape index (κ2) is 6.67. The second-order valence-corrected chi connectivity index (χ2v) is 5.89. The third-order valence-electron chi connectivity index (χ3n) is 4.06. The molecular weight excluding hydrogens is 302 g/mol. The number of aryl methyl sites for hydroxylation is 2. The van der Waals surface area contributed by atoms with Crippen molar-refractivity contribution in [3.8, 4) is 5.75 Å². The van der Waals surface area contributed by atoms with E-state index in [1.54, 1.807) is 0 Å². The van der Waals surface area contributed by atoms with Gasteiger partial charge in [0.2, 0.25) is 5.89 Å². The number of nitrogens with two attached hydrogens (primary N) is 1. The van der Waals surface area contributed by atoms with E-state index in [0.717, 1.165) is 30.6 Å². The molecule has 1 saturated carbocycles. The minimum Gasteiger partial charge on any atom is -0.493 e. The summed E-state index contributed by atoms with van der Waals surface area (Å²) >= 11 is 0. The van der Waals surface area contributed by atoms with Gasteiger partial charge in [0.05, 0.1) is 18.6 Å². The van der Waals surface area contributed by atoms with E-state index < -0.39 is 0 Å². The van der Waals surface area contributed by atoms with Crippen LogP contribution in [-0.2, 0) is 12.0 Å². The summed E-state index contributed by atoms with van der Waals surface area (Å²) in [6, 6.07) is 6.14. The van der Waals surface area contributed by atoms with Crippen LogP contribution in [0.1, 0.15) is 42.1 Å². The van der Waals surface area contributed by atoms with Gasteiger partial charge in [0.25, 0.3) is 0 Å². The number of nitrogens with zero attached hydrogens (tertiary/aromatic N) is 2. The van der Waals surface area contributed by atoms with Crippen molar-refractivity contribution < 1.29 is 9.26 Å². The summed E-state index contributed by atoms with van der Waals surface area (Å²) < 4.78 is 11.0. The number of rotatable bonds is 5. The molecule has 1 aromatic heterocycles. The fourth-order valence-corrected chi connectivity index (χ4v) is 2.55. The Bertz CT molecular complexity index is 638. The Hall–Kier alpha value is -1.59. The SMILES string of the molecule is Cc1ccc(OCCc2nc(C3(N)CCC3)no2)c(C)c1.Cl. The van der Waals surface area contributed by atoms with Crippen molar-refractivity contribution in [3.05, 3.63) is 41.0 Å². The Balaban J connectivity index is 0.00000176. The van der Waals surface area contributed by atoms with Crippen LogP contribution in [0.4, 0.5) is 0 Å². The molecule has 0 spiro atoms. The molecule has 1 aliphatic carbocycles. The summed E-state index contributed by atoms with van der Waals surface area (Å²) in [4.78, 5) is 4.39. The first kappa shape index (κ1) is 16.8. The van der Waals surface area contributed by atoms with E-state index >= 15 is 0 Å². The van der Waals surface area contributed by atoms with Crippen LogP contribution in [0.3, 0.4) is 0 Å². The minimum absolute atomic E-state index is 0. The van der Waals surface area contributed by atoms with Gasteiger partial charge in [-0.15, -0.1) is 12.4 Å². The molecule has 3 rings (SSSR count). The lowest BCUT2D eigenvalue weighted by atomic mass is 9.77. The maximum atomic E-state index is 6.17. The molecule has 0 amide bonds. The second-order valence-electron chi connectivity index (χ2n) is 5.89. The monoisotopic (exact) mass is 323 g/mol. The molecule has 5 nitrogen and oxygen atoms in total. The molecule has 1 aliphatic rings. The van der Waals surface area contributed by atoms with E-state index in [-0.39, 0.29) is 17.9 Å². The van der Waals surface area contributed by atoms with Gasteiger partial charge < -0.3 is 15.0 Å². The summed E-state index contributed by atoms with van der Waals surface area (Å²) in [7, 11) is 0.